The number of rotatable bonds is 5. The van der Waals surface area contributed by atoms with E-state index in [1.807, 2.05) is 41.3 Å². The Labute approximate surface area is 187 Å². The summed E-state index contributed by atoms with van der Waals surface area (Å²) in [5, 5.41) is 0.601. The number of fused-ring (bicyclic) bond motifs is 1. The molecule has 160 valence electrons. The molecule has 1 aliphatic rings. The number of amides is 1. The van der Waals surface area contributed by atoms with E-state index in [0.717, 1.165) is 28.9 Å². The van der Waals surface area contributed by atoms with Crippen molar-refractivity contribution in [2.45, 2.75) is 12.5 Å². The second-order valence-corrected chi connectivity index (χ2v) is 7.77. The van der Waals surface area contributed by atoms with Crippen LogP contribution in [0.25, 0.3) is 0 Å². The minimum absolute atomic E-state index is 0.0436. The van der Waals surface area contributed by atoms with E-state index in [2.05, 4.69) is 0 Å². The number of methoxy groups -OCH3 is 3. The largest absolute Gasteiger partial charge is 0.497 e. The van der Waals surface area contributed by atoms with Crippen LogP contribution in [0, 0.1) is 0 Å². The number of carbonyl (C=O) groups is 1. The number of hydrogen-bond acceptors (Lipinski definition) is 4. The minimum Gasteiger partial charge on any atom is -0.497 e. The van der Waals surface area contributed by atoms with Gasteiger partial charge in [0.2, 0.25) is 0 Å². The number of ether oxygens (including phenoxy) is 3. The van der Waals surface area contributed by atoms with E-state index in [1.165, 1.54) is 0 Å². The lowest BCUT2D eigenvalue weighted by molar-refractivity contribution is 0.0694. The molecule has 3 aromatic rings. The molecule has 0 N–H and O–H groups in total. The molecule has 0 unspecified atom stereocenters. The van der Waals surface area contributed by atoms with Crippen LogP contribution in [0.15, 0.2) is 60.7 Å². The molecule has 0 aliphatic carbocycles. The molecule has 5 nitrogen and oxygen atoms in total. The van der Waals surface area contributed by atoms with Gasteiger partial charge < -0.3 is 19.1 Å². The van der Waals surface area contributed by atoms with Crippen LogP contribution in [0.3, 0.4) is 0 Å². The maximum absolute atomic E-state index is 13.5. The van der Waals surface area contributed by atoms with Crippen LogP contribution in [-0.2, 0) is 6.42 Å². The summed E-state index contributed by atoms with van der Waals surface area (Å²) in [6, 6.07) is 18.5. The smallest absolute Gasteiger partial charge is 0.254 e. The van der Waals surface area contributed by atoms with Crippen molar-refractivity contribution in [3.8, 4) is 17.2 Å². The van der Waals surface area contributed by atoms with Gasteiger partial charge in [0.15, 0.2) is 11.5 Å². The molecule has 0 radical (unpaired) electrons. The zero-order valence-electron chi connectivity index (χ0n) is 17.7. The Morgan fingerprint density at radius 1 is 0.903 bits per heavy atom. The van der Waals surface area contributed by atoms with E-state index in [-0.39, 0.29) is 11.9 Å². The monoisotopic (exact) mass is 437 g/mol. The summed E-state index contributed by atoms with van der Waals surface area (Å²) in [7, 11) is 4.88. The van der Waals surface area contributed by atoms with Crippen molar-refractivity contribution in [2.75, 3.05) is 27.9 Å². The van der Waals surface area contributed by atoms with E-state index in [4.69, 9.17) is 25.8 Å². The van der Waals surface area contributed by atoms with E-state index in [0.29, 0.717) is 28.6 Å². The van der Waals surface area contributed by atoms with E-state index >= 15 is 0 Å². The van der Waals surface area contributed by atoms with Crippen LogP contribution in [-0.4, -0.2) is 38.7 Å². The van der Waals surface area contributed by atoms with Gasteiger partial charge in [-0.15, -0.1) is 0 Å². The van der Waals surface area contributed by atoms with Crippen molar-refractivity contribution in [1.82, 2.24) is 4.90 Å². The van der Waals surface area contributed by atoms with Crippen LogP contribution < -0.4 is 14.2 Å². The third kappa shape index (κ3) is 4.06. The van der Waals surface area contributed by atoms with Crippen LogP contribution in [0.1, 0.15) is 33.1 Å². The number of nitrogens with zero attached hydrogens (tertiary/aromatic N) is 1. The van der Waals surface area contributed by atoms with Crippen molar-refractivity contribution in [3.63, 3.8) is 0 Å². The van der Waals surface area contributed by atoms with Crippen molar-refractivity contribution >= 4 is 17.5 Å². The fourth-order valence-electron chi connectivity index (χ4n) is 4.07. The second kappa shape index (κ2) is 8.90. The maximum atomic E-state index is 13.5. The molecule has 4 rings (SSSR count). The lowest BCUT2D eigenvalue weighted by atomic mass is 9.87. The minimum atomic E-state index is -0.266. The standard InChI is InChI=1S/C25H24ClNO4/c1-29-20-10-6-16(7-11-20)24-21-15-23(31-3)22(30-2)14-18(21)12-13-27(24)25(28)17-4-8-19(26)9-5-17/h4-11,14-15,24H,12-13H2,1-3H3/t24-/m1/s1. The third-order valence-electron chi connectivity index (χ3n) is 5.66. The van der Waals surface area contributed by atoms with Gasteiger partial charge in [-0.05, 0) is 71.6 Å². The van der Waals surface area contributed by atoms with Gasteiger partial charge in [0, 0.05) is 17.1 Å². The zero-order valence-corrected chi connectivity index (χ0v) is 18.5. The van der Waals surface area contributed by atoms with Gasteiger partial charge in [-0.3, -0.25) is 4.79 Å². The molecule has 0 spiro atoms. The summed E-state index contributed by atoms with van der Waals surface area (Å²) >= 11 is 6.02. The molecule has 6 heteroatoms. The number of hydrogen-bond donors (Lipinski definition) is 0. The van der Waals surface area contributed by atoms with Gasteiger partial charge in [-0.25, -0.2) is 0 Å². The van der Waals surface area contributed by atoms with Crippen LogP contribution >= 0.6 is 11.6 Å². The average molecular weight is 438 g/mol. The van der Waals surface area contributed by atoms with E-state index < -0.39 is 0 Å². The van der Waals surface area contributed by atoms with Gasteiger partial charge in [0.05, 0.1) is 27.4 Å². The topological polar surface area (TPSA) is 48.0 Å². The van der Waals surface area contributed by atoms with E-state index in [9.17, 15) is 4.79 Å². The normalized spacial score (nSPS) is 15.2. The first-order valence-electron chi connectivity index (χ1n) is 10.0. The second-order valence-electron chi connectivity index (χ2n) is 7.34. The summed E-state index contributed by atoms with van der Waals surface area (Å²) in [5.74, 6) is 2.05. The van der Waals surface area contributed by atoms with Gasteiger partial charge in [0.1, 0.15) is 5.75 Å². The summed E-state index contributed by atoms with van der Waals surface area (Å²) in [5.41, 5.74) is 3.76. The number of halogens is 1. The lowest BCUT2D eigenvalue weighted by Gasteiger charge is -2.38. The Morgan fingerprint density at radius 2 is 1.55 bits per heavy atom. The van der Waals surface area contributed by atoms with Crippen LogP contribution in [0.5, 0.6) is 17.2 Å². The number of carbonyl (C=O) groups excluding carboxylic acids is 1. The quantitative estimate of drug-likeness (QED) is 0.553. The predicted molar refractivity (Wildman–Crippen MR) is 121 cm³/mol. The molecule has 0 fully saturated rings. The Morgan fingerprint density at radius 3 is 2.16 bits per heavy atom. The highest BCUT2D eigenvalue weighted by Gasteiger charge is 2.33. The third-order valence-corrected chi connectivity index (χ3v) is 5.91. The van der Waals surface area contributed by atoms with Crippen LogP contribution in [0.2, 0.25) is 5.02 Å². The summed E-state index contributed by atoms with van der Waals surface area (Å²) in [6.45, 7) is 0.584. The highest BCUT2D eigenvalue weighted by molar-refractivity contribution is 6.30. The molecule has 1 heterocycles. The molecule has 1 amide bonds. The summed E-state index contributed by atoms with van der Waals surface area (Å²) in [4.78, 5) is 15.4. The van der Waals surface area contributed by atoms with Crippen molar-refractivity contribution < 1.29 is 19.0 Å². The van der Waals surface area contributed by atoms with Gasteiger partial charge in [-0.1, -0.05) is 23.7 Å². The highest BCUT2D eigenvalue weighted by Crippen LogP contribution is 2.41. The van der Waals surface area contributed by atoms with Crippen molar-refractivity contribution in [3.05, 3.63) is 87.9 Å². The molecule has 0 saturated heterocycles. The Balaban J connectivity index is 1.83. The fourth-order valence-corrected chi connectivity index (χ4v) is 4.19. The molecule has 31 heavy (non-hydrogen) atoms. The van der Waals surface area contributed by atoms with Crippen molar-refractivity contribution in [2.24, 2.45) is 0 Å². The van der Waals surface area contributed by atoms with Crippen LogP contribution in [0.4, 0.5) is 0 Å². The predicted octanol–water partition coefficient (Wildman–Crippen LogP) is 5.15. The fraction of sp³-hybridized carbons (Fsp3) is 0.240. The maximum Gasteiger partial charge on any atom is 0.254 e. The zero-order chi connectivity index (χ0) is 22.0. The average Bonchev–Trinajstić information content (AvgIpc) is 2.82. The molecule has 0 aromatic heterocycles. The first kappa shape index (κ1) is 21.1. The molecular weight excluding hydrogens is 414 g/mol. The first-order chi connectivity index (χ1) is 15.0. The molecule has 0 bridgehead atoms. The molecule has 0 saturated carbocycles. The lowest BCUT2D eigenvalue weighted by Crippen LogP contribution is -2.40. The Hall–Kier alpha value is -3.18. The molecule has 1 atom stereocenters. The SMILES string of the molecule is COc1ccc([C@@H]2c3cc(OC)c(OC)cc3CCN2C(=O)c2ccc(Cl)cc2)cc1. The molecule has 1 aliphatic heterocycles. The summed E-state index contributed by atoms with van der Waals surface area (Å²) < 4.78 is 16.4. The van der Waals surface area contributed by atoms with Crippen molar-refractivity contribution in [1.29, 1.82) is 0 Å². The van der Waals surface area contributed by atoms with Gasteiger partial charge in [-0.2, -0.15) is 0 Å². The number of benzene rings is 3. The first-order valence-corrected chi connectivity index (χ1v) is 10.4. The summed E-state index contributed by atoms with van der Waals surface area (Å²) in [6.07, 6.45) is 0.724. The van der Waals surface area contributed by atoms with Gasteiger partial charge in [0.25, 0.3) is 5.91 Å². The van der Waals surface area contributed by atoms with E-state index in [1.54, 1.807) is 45.6 Å². The Bertz CT molecular complexity index is 1080. The Kier molecular flexibility index (Phi) is 6.05. The highest BCUT2D eigenvalue weighted by atomic mass is 35.5. The molecule has 3 aromatic carbocycles. The van der Waals surface area contributed by atoms with Gasteiger partial charge >= 0.3 is 0 Å². The molecular formula is C25H24ClNO4.